The normalized spacial score (nSPS) is 12.7. The van der Waals surface area contributed by atoms with Gasteiger partial charge >= 0.3 is 0 Å². The summed E-state index contributed by atoms with van der Waals surface area (Å²) in [5.41, 5.74) is 0. The topological polar surface area (TPSA) is 27.0 Å². The molecule has 3 heteroatoms. The monoisotopic (exact) mass is 222 g/mol. The Morgan fingerprint density at radius 2 is 2.13 bits per heavy atom. The maximum atomic E-state index is 8.62. The Morgan fingerprint density at radius 3 is 2.67 bits per heavy atom. The summed E-state index contributed by atoms with van der Waals surface area (Å²) < 4.78 is 0. The molecule has 0 bridgehead atoms. The van der Waals surface area contributed by atoms with Gasteiger partial charge in [0.15, 0.2) is 0 Å². The first-order valence-electron chi connectivity index (χ1n) is 5.32. The van der Waals surface area contributed by atoms with Crippen LogP contribution < -0.4 is 0 Å². The number of hydrogen-bond acceptors (Lipinski definition) is 3. The van der Waals surface area contributed by atoms with E-state index in [1.54, 1.807) is 0 Å². The highest BCUT2D eigenvalue weighted by Gasteiger charge is 2.09. The van der Waals surface area contributed by atoms with E-state index in [0.717, 1.165) is 13.0 Å². The summed E-state index contributed by atoms with van der Waals surface area (Å²) in [5, 5.41) is 8.62. The highest BCUT2D eigenvalue weighted by atomic mass is 32.1. The van der Waals surface area contributed by atoms with Crippen LogP contribution in [0.3, 0.4) is 0 Å². The van der Waals surface area contributed by atoms with Gasteiger partial charge < -0.3 is 0 Å². The largest absolute Gasteiger partial charge is 0.298 e. The van der Waals surface area contributed by atoms with Gasteiger partial charge in [-0.1, -0.05) is 6.92 Å². The van der Waals surface area contributed by atoms with Crippen LogP contribution in [0.5, 0.6) is 0 Å². The molecule has 0 saturated carbocycles. The molecule has 0 aliphatic rings. The van der Waals surface area contributed by atoms with Crippen LogP contribution in [0.4, 0.5) is 0 Å². The molecule has 15 heavy (non-hydrogen) atoms. The van der Waals surface area contributed by atoms with E-state index in [0.29, 0.717) is 12.5 Å². The van der Waals surface area contributed by atoms with Crippen molar-refractivity contribution in [3.8, 4) is 6.07 Å². The van der Waals surface area contributed by atoms with Crippen molar-refractivity contribution in [2.45, 2.75) is 39.3 Å². The van der Waals surface area contributed by atoms with Gasteiger partial charge in [0.1, 0.15) is 0 Å². The molecule has 0 spiro atoms. The van der Waals surface area contributed by atoms with Crippen molar-refractivity contribution >= 4 is 11.3 Å². The maximum absolute atomic E-state index is 8.62. The van der Waals surface area contributed by atoms with E-state index in [1.807, 2.05) is 11.3 Å². The summed E-state index contributed by atoms with van der Waals surface area (Å²) in [6, 6.07) is 6.94. The van der Waals surface area contributed by atoms with Crippen molar-refractivity contribution < 1.29 is 0 Å². The number of rotatable bonds is 5. The van der Waals surface area contributed by atoms with E-state index >= 15 is 0 Å². The van der Waals surface area contributed by atoms with E-state index in [4.69, 9.17) is 5.26 Å². The zero-order valence-electron chi connectivity index (χ0n) is 9.66. The Labute approximate surface area is 96.1 Å². The molecule has 1 aromatic heterocycles. The predicted octanol–water partition coefficient (Wildman–Crippen LogP) is 3.04. The lowest BCUT2D eigenvalue weighted by molar-refractivity contribution is 0.254. The fraction of sp³-hybridized carbons (Fsp3) is 0.583. The molecule has 0 N–H and O–H groups in total. The van der Waals surface area contributed by atoms with Crippen molar-refractivity contribution in [3.63, 3.8) is 0 Å². The molecule has 1 heterocycles. The van der Waals surface area contributed by atoms with Crippen molar-refractivity contribution in [1.29, 1.82) is 5.26 Å². The fourth-order valence-corrected chi connectivity index (χ4v) is 2.41. The van der Waals surface area contributed by atoms with E-state index in [2.05, 4.69) is 44.0 Å². The van der Waals surface area contributed by atoms with Gasteiger partial charge in [-0.3, -0.25) is 4.90 Å². The molecular weight excluding hydrogens is 204 g/mol. The highest BCUT2D eigenvalue weighted by molar-refractivity contribution is 7.11. The van der Waals surface area contributed by atoms with Crippen LogP contribution in [-0.2, 0) is 13.0 Å². The fourth-order valence-electron chi connectivity index (χ4n) is 1.39. The second-order valence-electron chi connectivity index (χ2n) is 3.85. The Kier molecular flexibility index (Phi) is 4.80. The Morgan fingerprint density at radius 1 is 1.47 bits per heavy atom. The first-order chi connectivity index (χ1) is 7.17. The molecule has 0 saturated heterocycles. The predicted molar refractivity (Wildman–Crippen MR) is 64.9 cm³/mol. The van der Waals surface area contributed by atoms with Crippen LogP contribution in [0.25, 0.3) is 0 Å². The third-order valence-electron chi connectivity index (χ3n) is 2.61. The molecule has 1 unspecified atom stereocenters. The Balaban J connectivity index is 2.50. The van der Waals surface area contributed by atoms with Gasteiger partial charge in [-0.25, -0.2) is 0 Å². The van der Waals surface area contributed by atoms with E-state index in [9.17, 15) is 0 Å². The van der Waals surface area contributed by atoms with Crippen molar-refractivity contribution in [2.75, 3.05) is 7.05 Å². The van der Waals surface area contributed by atoms with Crippen LogP contribution in [0.15, 0.2) is 12.1 Å². The van der Waals surface area contributed by atoms with Gasteiger partial charge in [-0.05, 0) is 32.5 Å². The SMILES string of the molecule is CCc1ccc(CN(C)C(C)CC#N)s1. The standard InChI is InChI=1S/C12H18N2S/c1-4-11-5-6-12(15-11)9-14(3)10(2)7-8-13/h5-6,10H,4,7,9H2,1-3H3. The number of aryl methyl sites for hydroxylation is 1. The molecular formula is C12H18N2S. The van der Waals surface area contributed by atoms with E-state index < -0.39 is 0 Å². The van der Waals surface area contributed by atoms with E-state index in [-0.39, 0.29) is 0 Å². The lowest BCUT2D eigenvalue weighted by Gasteiger charge is -2.21. The highest BCUT2D eigenvalue weighted by Crippen LogP contribution is 2.19. The third-order valence-corrected chi connectivity index (χ3v) is 3.82. The lowest BCUT2D eigenvalue weighted by atomic mass is 10.2. The molecule has 0 amide bonds. The molecule has 0 radical (unpaired) electrons. The maximum Gasteiger partial charge on any atom is 0.0638 e. The van der Waals surface area contributed by atoms with Crippen molar-refractivity contribution in [2.24, 2.45) is 0 Å². The van der Waals surface area contributed by atoms with Gasteiger partial charge in [-0.15, -0.1) is 11.3 Å². The average molecular weight is 222 g/mol. The number of nitriles is 1. The lowest BCUT2D eigenvalue weighted by Crippen LogP contribution is -2.27. The summed E-state index contributed by atoms with van der Waals surface area (Å²) in [6.07, 6.45) is 1.71. The molecule has 1 atom stereocenters. The third kappa shape index (κ3) is 3.65. The van der Waals surface area contributed by atoms with Crippen LogP contribution >= 0.6 is 11.3 Å². The summed E-state index contributed by atoms with van der Waals surface area (Å²) in [6.45, 7) is 5.22. The van der Waals surface area contributed by atoms with Gasteiger partial charge in [0.25, 0.3) is 0 Å². The first kappa shape index (κ1) is 12.2. The van der Waals surface area contributed by atoms with Gasteiger partial charge in [0.05, 0.1) is 12.5 Å². The number of nitrogens with zero attached hydrogens (tertiary/aromatic N) is 2. The molecule has 0 aliphatic heterocycles. The van der Waals surface area contributed by atoms with Gasteiger partial charge in [0, 0.05) is 22.3 Å². The molecule has 82 valence electrons. The Bertz CT molecular complexity index is 338. The number of thiophene rings is 1. The molecule has 1 aromatic rings. The second kappa shape index (κ2) is 5.89. The van der Waals surface area contributed by atoms with Gasteiger partial charge in [-0.2, -0.15) is 5.26 Å². The summed E-state index contributed by atoms with van der Waals surface area (Å²) in [7, 11) is 2.08. The zero-order valence-corrected chi connectivity index (χ0v) is 10.5. The zero-order chi connectivity index (χ0) is 11.3. The molecule has 0 aliphatic carbocycles. The molecule has 0 fully saturated rings. The van der Waals surface area contributed by atoms with Crippen LogP contribution in [-0.4, -0.2) is 18.0 Å². The second-order valence-corrected chi connectivity index (χ2v) is 5.10. The smallest absolute Gasteiger partial charge is 0.0638 e. The Hall–Kier alpha value is -0.850. The summed E-state index contributed by atoms with van der Waals surface area (Å²) >= 11 is 1.87. The minimum atomic E-state index is 0.335. The van der Waals surface area contributed by atoms with Crippen molar-refractivity contribution in [3.05, 3.63) is 21.9 Å². The summed E-state index contributed by atoms with van der Waals surface area (Å²) in [4.78, 5) is 5.06. The first-order valence-corrected chi connectivity index (χ1v) is 6.13. The average Bonchev–Trinajstić information content (AvgIpc) is 2.66. The minimum Gasteiger partial charge on any atom is -0.298 e. The quantitative estimate of drug-likeness (QED) is 0.765. The molecule has 2 nitrogen and oxygen atoms in total. The van der Waals surface area contributed by atoms with Crippen LogP contribution in [0, 0.1) is 11.3 Å². The summed E-state index contributed by atoms with van der Waals surface area (Å²) in [5.74, 6) is 0. The minimum absolute atomic E-state index is 0.335. The van der Waals surface area contributed by atoms with Crippen molar-refractivity contribution in [1.82, 2.24) is 4.90 Å². The van der Waals surface area contributed by atoms with Crippen LogP contribution in [0.1, 0.15) is 30.0 Å². The molecule has 0 aromatic carbocycles. The molecule has 1 rings (SSSR count). The van der Waals surface area contributed by atoms with E-state index in [1.165, 1.54) is 9.75 Å². The van der Waals surface area contributed by atoms with Gasteiger partial charge in [0.2, 0.25) is 0 Å². The number of hydrogen-bond donors (Lipinski definition) is 0. The van der Waals surface area contributed by atoms with Crippen LogP contribution in [0.2, 0.25) is 0 Å².